The molecule has 0 fully saturated rings. The van der Waals surface area contributed by atoms with Gasteiger partial charge in [0.15, 0.2) is 0 Å². The zero-order chi connectivity index (χ0) is 14.0. The van der Waals surface area contributed by atoms with Gasteiger partial charge in [0.05, 0.1) is 16.9 Å². The minimum absolute atomic E-state index is 0.101. The molecule has 1 aromatic heterocycles. The normalized spacial score (nSPS) is 11.4. The highest BCUT2D eigenvalue weighted by atomic mass is 32.1. The first-order valence-electron chi connectivity index (χ1n) is 5.74. The van der Waals surface area contributed by atoms with E-state index in [1.165, 1.54) is 23.5 Å². The molecule has 0 bridgehead atoms. The van der Waals surface area contributed by atoms with Gasteiger partial charge in [-0.3, -0.25) is 4.79 Å². The summed E-state index contributed by atoms with van der Waals surface area (Å²) in [6, 6.07) is 5.94. The van der Waals surface area contributed by atoms with Crippen molar-refractivity contribution in [3.05, 3.63) is 52.0 Å². The van der Waals surface area contributed by atoms with Crippen LogP contribution >= 0.6 is 11.3 Å². The zero-order valence-corrected chi connectivity index (χ0v) is 11.4. The van der Waals surface area contributed by atoms with Crippen LogP contribution in [0, 0.1) is 5.82 Å². The van der Waals surface area contributed by atoms with Crippen LogP contribution in [0.15, 0.2) is 35.0 Å². The van der Waals surface area contributed by atoms with Crippen LogP contribution in [0.4, 0.5) is 10.1 Å². The molecule has 0 aliphatic rings. The lowest BCUT2D eigenvalue weighted by Gasteiger charge is -2.18. The maximum absolute atomic E-state index is 13.9. The second-order valence-corrected chi connectivity index (χ2v) is 5.50. The Kier molecular flexibility index (Phi) is 3.68. The average molecular weight is 279 g/mol. The predicted molar refractivity (Wildman–Crippen MR) is 73.9 cm³/mol. The number of thiophene rings is 1. The molecule has 0 aliphatic heterocycles. The fourth-order valence-electron chi connectivity index (χ4n) is 1.59. The van der Waals surface area contributed by atoms with Gasteiger partial charge >= 0.3 is 0 Å². The topological polar surface area (TPSA) is 49.3 Å². The van der Waals surface area contributed by atoms with Gasteiger partial charge in [-0.25, -0.2) is 4.39 Å². The van der Waals surface area contributed by atoms with Crippen molar-refractivity contribution in [2.24, 2.45) is 0 Å². The van der Waals surface area contributed by atoms with Crippen molar-refractivity contribution in [3.8, 4) is 0 Å². The standard InChI is InChI=1S/C14H14FNO2S/c1-14(2,18)10-3-4-12(11(15)7-10)16-13(17)9-5-6-19-8-9/h3-8,18H,1-2H3,(H,16,17). The number of rotatable bonds is 3. The van der Waals surface area contributed by atoms with Gasteiger partial charge < -0.3 is 10.4 Å². The molecule has 0 spiro atoms. The van der Waals surface area contributed by atoms with Crippen LogP contribution in [-0.4, -0.2) is 11.0 Å². The van der Waals surface area contributed by atoms with Crippen LogP contribution in [0.5, 0.6) is 0 Å². The summed E-state index contributed by atoms with van der Waals surface area (Å²) in [7, 11) is 0. The summed E-state index contributed by atoms with van der Waals surface area (Å²) in [4.78, 5) is 11.8. The van der Waals surface area contributed by atoms with E-state index < -0.39 is 11.4 Å². The van der Waals surface area contributed by atoms with Crippen molar-refractivity contribution in [3.63, 3.8) is 0 Å². The summed E-state index contributed by atoms with van der Waals surface area (Å²) >= 11 is 1.40. The van der Waals surface area contributed by atoms with Crippen molar-refractivity contribution in [1.82, 2.24) is 0 Å². The average Bonchev–Trinajstić information content (AvgIpc) is 2.84. The largest absolute Gasteiger partial charge is 0.386 e. The Bertz CT molecular complexity index is 588. The fourth-order valence-corrected chi connectivity index (χ4v) is 2.22. The Morgan fingerprint density at radius 1 is 1.37 bits per heavy atom. The number of hydrogen-bond donors (Lipinski definition) is 2. The molecular formula is C14H14FNO2S. The molecule has 2 N–H and O–H groups in total. The zero-order valence-electron chi connectivity index (χ0n) is 10.6. The molecule has 0 unspecified atom stereocenters. The summed E-state index contributed by atoms with van der Waals surface area (Å²) in [6.07, 6.45) is 0. The van der Waals surface area contributed by atoms with Gasteiger partial charge in [-0.2, -0.15) is 11.3 Å². The highest BCUT2D eigenvalue weighted by molar-refractivity contribution is 7.08. The maximum Gasteiger partial charge on any atom is 0.256 e. The molecule has 0 saturated carbocycles. The van der Waals surface area contributed by atoms with E-state index >= 15 is 0 Å². The summed E-state index contributed by atoms with van der Waals surface area (Å²) in [5.74, 6) is -0.917. The van der Waals surface area contributed by atoms with Crippen molar-refractivity contribution in [2.75, 3.05) is 5.32 Å². The van der Waals surface area contributed by atoms with Crippen molar-refractivity contribution in [2.45, 2.75) is 19.4 Å². The van der Waals surface area contributed by atoms with E-state index in [1.807, 2.05) is 0 Å². The fraction of sp³-hybridized carbons (Fsp3) is 0.214. The van der Waals surface area contributed by atoms with Gasteiger partial charge in [0.1, 0.15) is 5.82 Å². The van der Waals surface area contributed by atoms with E-state index in [0.717, 1.165) is 0 Å². The molecule has 2 aromatic rings. The Morgan fingerprint density at radius 3 is 2.63 bits per heavy atom. The number of hydrogen-bond acceptors (Lipinski definition) is 3. The molecule has 1 heterocycles. The Balaban J connectivity index is 2.21. The molecule has 0 radical (unpaired) electrons. The van der Waals surface area contributed by atoms with E-state index in [4.69, 9.17) is 0 Å². The smallest absolute Gasteiger partial charge is 0.256 e. The molecule has 0 saturated heterocycles. The quantitative estimate of drug-likeness (QED) is 0.905. The van der Waals surface area contributed by atoms with Gasteiger partial charge in [-0.05, 0) is 43.0 Å². The summed E-state index contributed by atoms with van der Waals surface area (Å²) < 4.78 is 13.9. The number of carbonyl (C=O) groups excluding carboxylic acids is 1. The monoisotopic (exact) mass is 279 g/mol. The molecular weight excluding hydrogens is 265 g/mol. The molecule has 2 rings (SSSR count). The first kappa shape index (κ1) is 13.7. The first-order chi connectivity index (χ1) is 8.88. The van der Waals surface area contributed by atoms with Crippen molar-refractivity contribution in [1.29, 1.82) is 0 Å². The molecule has 3 nitrogen and oxygen atoms in total. The highest BCUT2D eigenvalue weighted by Crippen LogP contribution is 2.24. The Morgan fingerprint density at radius 2 is 2.11 bits per heavy atom. The number of anilines is 1. The molecule has 0 atom stereocenters. The third kappa shape index (κ3) is 3.19. The second kappa shape index (κ2) is 5.11. The van der Waals surface area contributed by atoms with E-state index in [-0.39, 0.29) is 11.6 Å². The van der Waals surface area contributed by atoms with Crippen LogP contribution in [-0.2, 0) is 5.60 Å². The van der Waals surface area contributed by atoms with Crippen LogP contribution in [0.25, 0.3) is 0 Å². The molecule has 19 heavy (non-hydrogen) atoms. The highest BCUT2D eigenvalue weighted by Gasteiger charge is 2.18. The number of carbonyl (C=O) groups is 1. The van der Waals surface area contributed by atoms with E-state index in [0.29, 0.717) is 11.1 Å². The van der Waals surface area contributed by atoms with E-state index in [2.05, 4.69) is 5.32 Å². The summed E-state index contributed by atoms with van der Waals surface area (Å²) in [5.41, 5.74) is -0.0600. The third-order valence-corrected chi connectivity index (χ3v) is 3.39. The number of nitrogens with one attached hydrogen (secondary N) is 1. The van der Waals surface area contributed by atoms with Gasteiger partial charge in [-0.1, -0.05) is 6.07 Å². The van der Waals surface area contributed by atoms with Crippen molar-refractivity contribution >= 4 is 22.9 Å². The number of amides is 1. The van der Waals surface area contributed by atoms with Crippen LogP contribution in [0.2, 0.25) is 0 Å². The van der Waals surface area contributed by atoms with E-state index in [1.54, 1.807) is 36.7 Å². The number of aliphatic hydroxyl groups is 1. The lowest BCUT2D eigenvalue weighted by atomic mass is 9.98. The Labute approximate surface area is 114 Å². The van der Waals surface area contributed by atoms with Crippen molar-refractivity contribution < 1.29 is 14.3 Å². The number of benzene rings is 1. The van der Waals surface area contributed by atoms with Crippen LogP contribution < -0.4 is 5.32 Å². The SMILES string of the molecule is CC(C)(O)c1ccc(NC(=O)c2ccsc2)c(F)c1. The minimum Gasteiger partial charge on any atom is -0.386 e. The lowest BCUT2D eigenvalue weighted by Crippen LogP contribution is -2.17. The minimum atomic E-state index is -1.11. The number of halogens is 1. The van der Waals surface area contributed by atoms with Crippen LogP contribution in [0.1, 0.15) is 29.8 Å². The molecule has 5 heteroatoms. The summed E-state index contributed by atoms with van der Waals surface area (Å²) in [5, 5.41) is 15.8. The third-order valence-electron chi connectivity index (χ3n) is 2.71. The summed E-state index contributed by atoms with van der Waals surface area (Å²) in [6.45, 7) is 3.15. The van der Waals surface area contributed by atoms with Gasteiger partial charge in [0.2, 0.25) is 0 Å². The second-order valence-electron chi connectivity index (χ2n) is 4.72. The molecule has 0 aliphatic carbocycles. The van der Waals surface area contributed by atoms with Gasteiger partial charge in [0, 0.05) is 5.38 Å². The van der Waals surface area contributed by atoms with Gasteiger partial charge in [0.25, 0.3) is 5.91 Å². The molecule has 100 valence electrons. The Hall–Kier alpha value is -1.72. The lowest BCUT2D eigenvalue weighted by molar-refractivity contribution is 0.0783. The molecule has 1 amide bonds. The van der Waals surface area contributed by atoms with Gasteiger partial charge in [-0.15, -0.1) is 0 Å². The first-order valence-corrected chi connectivity index (χ1v) is 6.68. The maximum atomic E-state index is 13.9. The predicted octanol–water partition coefficient (Wildman–Crippen LogP) is 3.37. The molecule has 1 aromatic carbocycles. The van der Waals surface area contributed by atoms with E-state index in [9.17, 15) is 14.3 Å². The van der Waals surface area contributed by atoms with Crippen LogP contribution in [0.3, 0.4) is 0 Å².